The first-order valence-corrected chi connectivity index (χ1v) is 10.9. The van der Waals surface area contributed by atoms with Crippen molar-refractivity contribution >= 4 is 27.8 Å². The maximum atomic E-state index is 12.6. The van der Waals surface area contributed by atoms with Crippen LogP contribution in [0.5, 0.6) is 0 Å². The van der Waals surface area contributed by atoms with Crippen LogP contribution in [0, 0.1) is 0 Å². The first-order chi connectivity index (χ1) is 13.7. The van der Waals surface area contributed by atoms with Crippen molar-refractivity contribution in [1.29, 1.82) is 0 Å². The molecule has 1 aromatic carbocycles. The van der Waals surface area contributed by atoms with E-state index in [0.29, 0.717) is 18.7 Å². The lowest BCUT2D eigenvalue weighted by Gasteiger charge is -2.25. The molecule has 29 heavy (non-hydrogen) atoms. The fraction of sp³-hybridized carbons (Fsp3) is 0.526. The molecule has 2 amide bonds. The third-order valence-corrected chi connectivity index (χ3v) is 6.44. The quantitative estimate of drug-likeness (QED) is 0.594. The number of ether oxygens (including phenoxy) is 1. The van der Waals surface area contributed by atoms with Crippen molar-refractivity contribution in [3.8, 4) is 0 Å². The van der Waals surface area contributed by atoms with Crippen LogP contribution < -0.4 is 5.32 Å². The lowest BCUT2D eigenvalue weighted by molar-refractivity contribution is -0.148. The molecule has 0 aromatic heterocycles. The van der Waals surface area contributed by atoms with Crippen molar-refractivity contribution in [1.82, 2.24) is 14.5 Å². The molecule has 1 aliphatic rings. The molecule has 1 aromatic rings. The first kappa shape index (κ1) is 22.8. The second-order valence-electron chi connectivity index (χ2n) is 7.01. The van der Waals surface area contributed by atoms with Gasteiger partial charge in [-0.1, -0.05) is 18.6 Å². The van der Waals surface area contributed by atoms with Gasteiger partial charge in [0.2, 0.25) is 15.9 Å². The number of nitrogens with zero attached hydrogens (tertiary/aromatic N) is 2. The van der Waals surface area contributed by atoms with E-state index in [1.807, 2.05) is 0 Å². The Kier molecular flexibility index (Phi) is 8.15. The van der Waals surface area contributed by atoms with E-state index in [-0.39, 0.29) is 23.8 Å². The van der Waals surface area contributed by atoms with Gasteiger partial charge in [-0.25, -0.2) is 8.42 Å². The molecule has 1 fully saturated rings. The molecular weight excluding hydrogens is 398 g/mol. The Hall–Kier alpha value is -2.46. The summed E-state index contributed by atoms with van der Waals surface area (Å²) in [6, 6.07) is 6.08. The summed E-state index contributed by atoms with van der Waals surface area (Å²) in [4.78, 5) is 36.4. The Morgan fingerprint density at radius 1 is 1.07 bits per heavy atom. The topological polar surface area (TPSA) is 113 Å². The number of rotatable bonds is 8. The van der Waals surface area contributed by atoms with Crippen molar-refractivity contribution < 1.29 is 27.5 Å². The van der Waals surface area contributed by atoms with Crippen molar-refractivity contribution in [3.63, 3.8) is 0 Å². The predicted molar refractivity (Wildman–Crippen MR) is 105 cm³/mol. The van der Waals surface area contributed by atoms with Gasteiger partial charge in [-0.3, -0.25) is 14.4 Å². The van der Waals surface area contributed by atoms with Crippen molar-refractivity contribution in [2.24, 2.45) is 0 Å². The van der Waals surface area contributed by atoms with Crippen LogP contribution in [0.3, 0.4) is 0 Å². The largest absolute Gasteiger partial charge is 0.455 e. The molecule has 0 unspecified atom stereocenters. The maximum Gasteiger partial charge on any atom is 0.310 e. The van der Waals surface area contributed by atoms with E-state index in [1.165, 1.54) is 21.3 Å². The molecule has 0 spiro atoms. The number of piperidine rings is 1. The van der Waals surface area contributed by atoms with E-state index in [4.69, 9.17) is 4.74 Å². The SMILES string of the molecule is CN(C)C(=O)CNC(=O)COC(=O)Cc1ccc(S(=O)(=O)N2CCCCC2)cc1. The molecule has 1 aliphatic heterocycles. The van der Waals surface area contributed by atoms with E-state index in [9.17, 15) is 22.8 Å². The average Bonchev–Trinajstić information content (AvgIpc) is 2.71. The van der Waals surface area contributed by atoms with Gasteiger partial charge in [0.05, 0.1) is 17.9 Å². The summed E-state index contributed by atoms with van der Waals surface area (Å²) in [5.41, 5.74) is 0.579. The molecule has 0 saturated carbocycles. The molecule has 10 heteroatoms. The third kappa shape index (κ3) is 6.82. The number of likely N-dealkylation sites (N-methyl/N-ethyl adjacent to an activating group) is 1. The summed E-state index contributed by atoms with van der Waals surface area (Å²) in [5.74, 6) is -1.47. The van der Waals surface area contributed by atoms with E-state index in [1.54, 1.807) is 26.2 Å². The lowest BCUT2D eigenvalue weighted by atomic mass is 10.1. The Bertz CT molecular complexity index is 830. The summed E-state index contributed by atoms with van der Waals surface area (Å²) < 4.78 is 31.6. The number of hydrogen-bond acceptors (Lipinski definition) is 6. The molecule has 1 saturated heterocycles. The van der Waals surface area contributed by atoms with Crippen LogP contribution in [-0.4, -0.2) is 75.7 Å². The molecule has 0 bridgehead atoms. The summed E-state index contributed by atoms with van der Waals surface area (Å²) >= 11 is 0. The second kappa shape index (κ2) is 10.4. The standard InChI is InChI=1S/C19H27N3O6S/c1-21(2)18(24)13-20-17(23)14-28-19(25)12-15-6-8-16(9-7-15)29(26,27)22-10-4-3-5-11-22/h6-9H,3-5,10-14H2,1-2H3,(H,20,23). The fourth-order valence-electron chi connectivity index (χ4n) is 2.78. The van der Waals surface area contributed by atoms with Crippen molar-refractivity contribution in [2.75, 3.05) is 40.3 Å². The molecule has 9 nitrogen and oxygen atoms in total. The zero-order valence-corrected chi connectivity index (χ0v) is 17.5. The number of benzene rings is 1. The minimum Gasteiger partial charge on any atom is -0.455 e. The minimum absolute atomic E-state index is 0.0893. The van der Waals surface area contributed by atoms with Crippen LogP contribution in [0.15, 0.2) is 29.2 Å². The summed E-state index contributed by atoms with van der Waals surface area (Å²) in [6.45, 7) is 0.397. The van der Waals surface area contributed by atoms with Gasteiger partial charge in [0.1, 0.15) is 0 Å². The lowest BCUT2D eigenvalue weighted by Crippen LogP contribution is -2.38. The number of amides is 2. The van der Waals surface area contributed by atoms with Crippen molar-refractivity contribution in [3.05, 3.63) is 29.8 Å². The van der Waals surface area contributed by atoms with Gasteiger partial charge in [-0.05, 0) is 30.5 Å². The molecule has 0 atom stereocenters. The molecule has 1 heterocycles. The molecule has 0 radical (unpaired) electrons. The molecular formula is C19H27N3O6S. The highest BCUT2D eigenvalue weighted by Crippen LogP contribution is 2.21. The van der Waals surface area contributed by atoms with E-state index in [0.717, 1.165) is 19.3 Å². The van der Waals surface area contributed by atoms with Crippen LogP contribution in [0.1, 0.15) is 24.8 Å². The summed E-state index contributed by atoms with van der Waals surface area (Å²) in [6.07, 6.45) is 2.67. The fourth-order valence-corrected chi connectivity index (χ4v) is 4.30. The van der Waals surface area contributed by atoms with Crippen LogP contribution in [0.25, 0.3) is 0 Å². The predicted octanol–water partition coefficient (Wildman–Crippen LogP) is 0.151. The Morgan fingerprint density at radius 2 is 1.69 bits per heavy atom. The Balaban J connectivity index is 1.82. The van der Waals surface area contributed by atoms with Crippen LogP contribution in [-0.2, 0) is 35.6 Å². The highest BCUT2D eigenvalue weighted by Gasteiger charge is 2.25. The highest BCUT2D eigenvalue weighted by atomic mass is 32.2. The van der Waals surface area contributed by atoms with Crippen LogP contribution >= 0.6 is 0 Å². The zero-order valence-electron chi connectivity index (χ0n) is 16.7. The van der Waals surface area contributed by atoms with Gasteiger partial charge in [0.25, 0.3) is 5.91 Å². The van der Waals surface area contributed by atoms with E-state index < -0.39 is 28.5 Å². The number of carbonyl (C=O) groups excluding carboxylic acids is 3. The highest BCUT2D eigenvalue weighted by molar-refractivity contribution is 7.89. The van der Waals surface area contributed by atoms with Gasteiger partial charge in [0.15, 0.2) is 6.61 Å². The number of sulfonamides is 1. The second-order valence-corrected chi connectivity index (χ2v) is 8.95. The zero-order chi connectivity index (χ0) is 21.4. The first-order valence-electron chi connectivity index (χ1n) is 9.41. The average molecular weight is 426 g/mol. The van der Waals surface area contributed by atoms with Crippen LogP contribution in [0.4, 0.5) is 0 Å². The Morgan fingerprint density at radius 3 is 2.28 bits per heavy atom. The molecule has 1 N–H and O–H groups in total. The number of hydrogen-bond donors (Lipinski definition) is 1. The summed E-state index contributed by atoms with van der Waals surface area (Å²) in [7, 11) is -0.381. The van der Waals surface area contributed by atoms with Gasteiger partial charge < -0.3 is 15.0 Å². The number of nitrogens with one attached hydrogen (secondary N) is 1. The van der Waals surface area contributed by atoms with E-state index in [2.05, 4.69) is 5.32 Å². The van der Waals surface area contributed by atoms with Crippen molar-refractivity contribution in [2.45, 2.75) is 30.6 Å². The van der Waals surface area contributed by atoms with E-state index >= 15 is 0 Å². The monoisotopic (exact) mass is 425 g/mol. The van der Waals surface area contributed by atoms with Gasteiger partial charge >= 0.3 is 5.97 Å². The summed E-state index contributed by atoms with van der Waals surface area (Å²) in [5, 5.41) is 2.36. The van der Waals surface area contributed by atoms with Gasteiger partial charge in [0, 0.05) is 27.2 Å². The normalized spacial score (nSPS) is 14.8. The molecule has 0 aliphatic carbocycles. The van der Waals surface area contributed by atoms with Gasteiger partial charge in [-0.2, -0.15) is 4.31 Å². The Labute approximate surface area is 171 Å². The molecule has 160 valence electrons. The third-order valence-electron chi connectivity index (χ3n) is 4.52. The molecule has 2 rings (SSSR count). The van der Waals surface area contributed by atoms with Gasteiger partial charge in [-0.15, -0.1) is 0 Å². The smallest absolute Gasteiger partial charge is 0.310 e. The maximum absolute atomic E-state index is 12.6. The number of esters is 1. The van der Waals surface area contributed by atoms with Crippen LogP contribution in [0.2, 0.25) is 0 Å². The number of carbonyl (C=O) groups is 3. The minimum atomic E-state index is -3.52.